The minimum absolute atomic E-state index is 0.0911. The maximum atomic E-state index is 12.5. The van der Waals surface area contributed by atoms with Crippen LogP contribution in [0.3, 0.4) is 0 Å². The number of rotatable bonds is 7. The fourth-order valence-electron chi connectivity index (χ4n) is 2.15. The first-order valence-electron chi connectivity index (χ1n) is 7.57. The van der Waals surface area contributed by atoms with Gasteiger partial charge in [0.15, 0.2) is 0 Å². The lowest BCUT2D eigenvalue weighted by atomic mass is 10.2. The smallest absolute Gasteiger partial charge is 0.262 e. The lowest BCUT2D eigenvalue weighted by Gasteiger charge is -2.13. The number of anilines is 1. The van der Waals surface area contributed by atoms with E-state index in [2.05, 4.69) is 10.0 Å². The average molecular weight is 364 g/mol. The molecule has 2 aromatic carbocycles. The predicted molar refractivity (Wildman–Crippen MR) is 94.8 cm³/mol. The van der Waals surface area contributed by atoms with Gasteiger partial charge in [-0.1, -0.05) is 0 Å². The molecule has 0 aromatic heterocycles. The van der Waals surface area contributed by atoms with Gasteiger partial charge < -0.3 is 14.8 Å². The molecule has 2 aromatic rings. The highest BCUT2D eigenvalue weighted by molar-refractivity contribution is 7.92. The van der Waals surface area contributed by atoms with Crippen LogP contribution < -0.4 is 19.5 Å². The Balaban J connectivity index is 2.29. The molecular weight excluding hydrogens is 344 g/mol. The van der Waals surface area contributed by atoms with Crippen LogP contribution in [0.4, 0.5) is 5.69 Å². The maximum Gasteiger partial charge on any atom is 0.262 e. The number of ether oxygens (including phenoxy) is 2. The van der Waals surface area contributed by atoms with Crippen molar-refractivity contribution in [1.29, 1.82) is 0 Å². The Kier molecular flexibility index (Phi) is 5.87. The topological polar surface area (TPSA) is 93.7 Å². The number of methoxy groups -OCH3 is 1. The predicted octanol–water partition coefficient (Wildman–Crippen LogP) is 2.25. The van der Waals surface area contributed by atoms with Gasteiger partial charge in [-0.15, -0.1) is 0 Å². The zero-order chi connectivity index (χ0) is 18.4. The summed E-state index contributed by atoms with van der Waals surface area (Å²) in [4.78, 5) is 11.8. The fraction of sp³-hybridized carbons (Fsp3) is 0.235. The molecule has 0 aliphatic carbocycles. The molecule has 0 unspecified atom stereocenters. The first-order valence-corrected chi connectivity index (χ1v) is 9.05. The van der Waals surface area contributed by atoms with E-state index in [9.17, 15) is 13.2 Å². The van der Waals surface area contributed by atoms with Gasteiger partial charge in [0.2, 0.25) is 0 Å². The van der Waals surface area contributed by atoms with E-state index in [-0.39, 0.29) is 22.2 Å². The summed E-state index contributed by atoms with van der Waals surface area (Å²) < 4.78 is 38.0. The first-order chi connectivity index (χ1) is 11.9. The maximum absolute atomic E-state index is 12.5. The number of sulfonamides is 1. The zero-order valence-electron chi connectivity index (χ0n) is 14.2. The van der Waals surface area contributed by atoms with Gasteiger partial charge in [-0.3, -0.25) is 9.52 Å². The van der Waals surface area contributed by atoms with E-state index in [0.29, 0.717) is 17.9 Å². The van der Waals surface area contributed by atoms with Crippen LogP contribution in [0.1, 0.15) is 17.3 Å². The largest absolute Gasteiger partial charge is 0.495 e. The van der Waals surface area contributed by atoms with Crippen molar-refractivity contribution in [2.45, 2.75) is 11.8 Å². The number of nitrogens with one attached hydrogen (secondary N) is 2. The van der Waals surface area contributed by atoms with E-state index in [4.69, 9.17) is 9.47 Å². The molecule has 0 aliphatic heterocycles. The molecule has 0 spiro atoms. The third-order valence-corrected chi connectivity index (χ3v) is 4.76. The normalized spacial score (nSPS) is 10.8. The molecule has 134 valence electrons. The van der Waals surface area contributed by atoms with Crippen molar-refractivity contribution >= 4 is 21.6 Å². The Morgan fingerprint density at radius 3 is 2.36 bits per heavy atom. The summed E-state index contributed by atoms with van der Waals surface area (Å²) in [5, 5.41) is 2.50. The number of hydrogen-bond donors (Lipinski definition) is 2. The summed E-state index contributed by atoms with van der Waals surface area (Å²) in [6.07, 6.45) is 0. The third kappa shape index (κ3) is 4.42. The minimum atomic E-state index is -3.80. The number of hydrogen-bond acceptors (Lipinski definition) is 5. The highest BCUT2D eigenvalue weighted by Crippen LogP contribution is 2.28. The van der Waals surface area contributed by atoms with Crippen molar-refractivity contribution in [3.63, 3.8) is 0 Å². The monoisotopic (exact) mass is 364 g/mol. The molecule has 0 heterocycles. The van der Waals surface area contributed by atoms with Crippen LogP contribution in [0, 0.1) is 0 Å². The van der Waals surface area contributed by atoms with Gasteiger partial charge in [0, 0.05) is 12.6 Å². The Labute approximate surface area is 147 Å². The molecule has 8 heteroatoms. The number of carbonyl (C=O) groups is 1. The highest BCUT2D eigenvalue weighted by atomic mass is 32.2. The van der Waals surface area contributed by atoms with E-state index in [0.717, 1.165) is 0 Å². The molecule has 7 nitrogen and oxygen atoms in total. The van der Waals surface area contributed by atoms with Crippen LogP contribution in [0.5, 0.6) is 11.5 Å². The van der Waals surface area contributed by atoms with Crippen molar-refractivity contribution in [3.05, 3.63) is 48.0 Å². The second kappa shape index (κ2) is 7.89. The molecule has 0 bridgehead atoms. The standard InChI is InChI=1S/C17H20N2O5S/c1-4-24-13-6-8-14(9-7-13)25(21,22)19-15-10-5-12(17(20)18-2)11-16(15)23-3/h5-11,19H,4H2,1-3H3,(H,18,20). The Bertz CT molecular complexity index is 848. The van der Waals surface area contributed by atoms with Crippen LogP contribution in [0.25, 0.3) is 0 Å². The summed E-state index contributed by atoms with van der Waals surface area (Å²) >= 11 is 0. The number of benzene rings is 2. The van der Waals surface area contributed by atoms with E-state index in [1.165, 1.54) is 44.5 Å². The van der Waals surface area contributed by atoms with Crippen LogP contribution in [0.2, 0.25) is 0 Å². The van der Waals surface area contributed by atoms with E-state index in [1.807, 2.05) is 6.92 Å². The second-order valence-corrected chi connectivity index (χ2v) is 6.69. The van der Waals surface area contributed by atoms with Crippen molar-refractivity contribution in [3.8, 4) is 11.5 Å². The fourth-order valence-corrected chi connectivity index (χ4v) is 3.22. The van der Waals surface area contributed by atoms with Gasteiger partial charge in [-0.2, -0.15) is 0 Å². The number of amides is 1. The van der Waals surface area contributed by atoms with Gasteiger partial charge in [0.05, 0.1) is 24.3 Å². The van der Waals surface area contributed by atoms with Gasteiger partial charge >= 0.3 is 0 Å². The Morgan fingerprint density at radius 2 is 1.80 bits per heavy atom. The molecule has 2 N–H and O–H groups in total. The lowest BCUT2D eigenvalue weighted by Crippen LogP contribution is -2.18. The van der Waals surface area contributed by atoms with Crippen molar-refractivity contribution in [1.82, 2.24) is 5.32 Å². The molecule has 0 saturated carbocycles. The van der Waals surface area contributed by atoms with Crippen LogP contribution >= 0.6 is 0 Å². The van der Waals surface area contributed by atoms with Crippen molar-refractivity contribution in [2.24, 2.45) is 0 Å². The van der Waals surface area contributed by atoms with Crippen LogP contribution in [-0.2, 0) is 10.0 Å². The molecular formula is C17H20N2O5S. The summed E-state index contributed by atoms with van der Waals surface area (Å²) in [6, 6.07) is 10.5. The van der Waals surface area contributed by atoms with Crippen molar-refractivity contribution in [2.75, 3.05) is 25.5 Å². The lowest BCUT2D eigenvalue weighted by molar-refractivity contribution is 0.0963. The summed E-state index contributed by atoms with van der Waals surface area (Å²) in [7, 11) is -0.891. The molecule has 1 amide bonds. The van der Waals surface area contributed by atoms with Crippen LogP contribution in [-0.4, -0.2) is 35.1 Å². The second-order valence-electron chi connectivity index (χ2n) is 5.00. The molecule has 0 atom stereocenters. The van der Waals surface area contributed by atoms with Gasteiger partial charge in [-0.05, 0) is 49.4 Å². The van der Waals surface area contributed by atoms with Gasteiger partial charge in [0.1, 0.15) is 11.5 Å². The zero-order valence-corrected chi connectivity index (χ0v) is 15.0. The van der Waals surface area contributed by atoms with E-state index >= 15 is 0 Å². The minimum Gasteiger partial charge on any atom is -0.495 e. The summed E-state index contributed by atoms with van der Waals surface area (Å²) in [5.74, 6) is 0.545. The molecule has 0 radical (unpaired) electrons. The quantitative estimate of drug-likeness (QED) is 0.786. The molecule has 0 fully saturated rings. The average Bonchev–Trinajstić information content (AvgIpc) is 2.62. The Hall–Kier alpha value is -2.74. The van der Waals surface area contributed by atoms with Crippen LogP contribution in [0.15, 0.2) is 47.4 Å². The summed E-state index contributed by atoms with van der Waals surface area (Å²) in [5.41, 5.74) is 0.604. The molecule has 25 heavy (non-hydrogen) atoms. The SMILES string of the molecule is CCOc1ccc(S(=O)(=O)Nc2ccc(C(=O)NC)cc2OC)cc1. The number of carbonyl (C=O) groups excluding carboxylic acids is 1. The van der Waals surface area contributed by atoms with Gasteiger partial charge in [0.25, 0.3) is 15.9 Å². The Morgan fingerprint density at radius 1 is 1.12 bits per heavy atom. The highest BCUT2D eigenvalue weighted by Gasteiger charge is 2.18. The van der Waals surface area contributed by atoms with E-state index in [1.54, 1.807) is 12.1 Å². The molecule has 0 aliphatic rings. The molecule has 0 saturated heterocycles. The van der Waals surface area contributed by atoms with Gasteiger partial charge in [-0.25, -0.2) is 8.42 Å². The van der Waals surface area contributed by atoms with E-state index < -0.39 is 10.0 Å². The molecule has 2 rings (SSSR count). The summed E-state index contributed by atoms with van der Waals surface area (Å²) in [6.45, 7) is 2.35. The third-order valence-electron chi connectivity index (χ3n) is 3.38. The first kappa shape index (κ1) is 18.6. The van der Waals surface area contributed by atoms with Crippen molar-refractivity contribution < 1.29 is 22.7 Å².